The molecule has 1 aliphatic rings. The van der Waals surface area contributed by atoms with Crippen molar-refractivity contribution in [1.29, 1.82) is 5.26 Å². The van der Waals surface area contributed by atoms with Crippen molar-refractivity contribution < 1.29 is 0 Å². The number of rotatable bonds is 3. The molecule has 3 heteroatoms. The Balaban J connectivity index is 2.58. The minimum atomic E-state index is 0.167. The van der Waals surface area contributed by atoms with Crippen LogP contribution in [0.1, 0.15) is 20.3 Å². The number of nitriles is 1. The van der Waals surface area contributed by atoms with E-state index in [1.807, 2.05) is 6.08 Å². The number of piperazine rings is 1. The van der Waals surface area contributed by atoms with Crippen molar-refractivity contribution in [3.05, 3.63) is 12.7 Å². The molecule has 1 fully saturated rings. The summed E-state index contributed by atoms with van der Waals surface area (Å²) < 4.78 is 0. The normalized spacial score (nSPS) is 26.8. The first-order valence-electron chi connectivity index (χ1n) is 5.06. The first-order valence-corrected chi connectivity index (χ1v) is 5.06. The van der Waals surface area contributed by atoms with Gasteiger partial charge in [0.15, 0.2) is 0 Å². The molecule has 1 N–H and O–H groups in total. The Kier molecular flexibility index (Phi) is 3.68. The summed E-state index contributed by atoms with van der Waals surface area (Å²) in [5, 5.41) is 12.0. The molecule has 0 aliphatic carbocycles. The zero-order valence-electron chi connectivity index (χ0n) is 9.08. The first kappa shape index (κ1) is 11.2. The van der Waals surface area contributed by atoms with Gasteiger partial charge in [-0.05, 0) is 13.8 Å². The van der Waals surface area contributed by atoms with E-state index in [2.05, 4.69) is 36.7 Å². The summed E-state index contributed by atoms with van der Waals surface area (Å²) in [7, 11) is 0. The van der Waals surface area contributed by atoms with E-state index in [-0.39, 0.29) is 5.54 Å². The van der Waals surface area contributed by atoms with Gasteiger partial charge in [0.1, 0.15) is 0 Å². The fraction of sp³-hybridized carbons (Fsp3) is 0.727. The molecule has 1 saturated heterocycles. The monoisotopic (exact) mass is 193 g/mol. The van der Waals surface area contributed by atoms with Crippen molar-refractivity contribution >= 4 is 0 Å². The Morgan fingerprint density at radius 2 is 2.43 bits per heavy atom. The molecule has 1 heterocycles. The van der Waals surface area contributed by atoms with Crippen LogP contribution in [0.5, 0.6) is 0 Å². The Bertz CT molecular complexity index is 239. The Morgan fingerprint density at radius 1 is 1.71 bits per heavy atom. The van der Waals surface area contributed by atoms with E-state index >= 15 is 0 Å². The van der Waals surface area contributed by atoms with E-state index < -0.39 is 0 Å². The highest BCUT2D eigenvalue weighted by Crippen LogP contribution is 2.18. The van der Waals surface area contributed by atoms with Crippen LogP contribution >= 0.6 is 0 Å². The Morgan fingerprint density at radius 3 is 3.00 bits per heavy atom. The Hall–Kier alpha value is -0.850. The highest BCUT2D eigenvalue weighted by molar-refractivity contribution is 4.97. The number of nitrogens with zero attached hydrogens (tertiary/aromatic N) is 2. The summed E-state index contributed by atoms with van der Waals surface area (Å²) >= 11 is 0. The average Bonchev–Trinajstić information content (AvgIpc) is 2.12. The van der Waals surface area contributed by atoms with Gasteiger partial charge in [0, 0.05) is 31.2 Å². The maximum atomic E-state index is 8.64. The summed E-state index contributed by atoms with van der Waals surface area (Å²) in [4.78, 5) is 2.37. The first-order chi connectivity index (χ1) is 6.60. The maximum absolute atomic E-state index is 8.64. The van der Waals surface area contributed by atoms with E-state index in [4.69, 9.17) is 5.26 Å². The second-order valence-corrected chi connectivity index (χ2v) is 4.45. The molecule has 1 unspecified atom stereocenters. The van der Waals surface area contributed by atoms with Crippen LogP contribution in [0.15, 0.2) is 12.7 Å². The van der Waals surface area contributed by atoms with Gasteiger partial charge in [0.2, 0.25) is 0 Å². The topological polar surface area (TPSA) is 39.1 Å². The predicted octanol–water partition coefficient (Wildman–Crippen LogP) is 1.14. The molecule has 0 aromatic carbocycles. The van der Waals surface area contributed by atoms with E-state index in [1.54, 1.807) is 0 Å². The van der Waals surface area contributed by atoms with Gasteiger partial charge in [0.05, 0.1) is 12.5 Å². The van der Waals surface area contributed by atoms with Crippen molar-refractivity contribution in [2.24, 2.45) is 0 Å². The lowest BCUT2D eigenvalue weighted by Crippen LogP contribution is -2.61. The lowest BCUT2D eigenvalue weighted by atomic mass is 9.96. The third-order valence-electron chi connectivity index (χ3n) is 2.81. The second kappa shape index (κ2) is 4.59. The van der Waals surface area contributed by atoms with E-state index in [0.717, 1.165) is 19.6 Å². The van der Waals surface area contributed by atoms with Crippen LogP contribution < -0.4 is 5.32 Å². The fourth-order valence-corrected chi connectivity index (χ4v) is 1.81. The standard InChI is InChI=1S/C11H19N3/c1-4-7-14-8-10(5-6-12)13-9-11(14,2)3/h4,10,13H,1,5,7-9H2,2-3H3. The van der Waals surface area contributed by atoms with Gasteiger partial charge < -0.3 is 5.32 Å². The van der Waals surface area contributed by atoms with Crippen molar-refractivity contribution in [2.75, 3.05) is 19.6 Å². The maximum Gasteiger partial charge on any atom is 0.0638 e. The second-order valence-electron chi connectivity index (χ2n) is 4.45. The summed E-state index contributed by atoms with van der Waals surface area (Å²) in [5.41, 5.74) is 0.167. The van der Waals surface area contributed by atoms with Crippen molar-refractivity contribution in [2.45, 2.75) is 31.8 Å². The van der Waals surface area contributed by atoms with Crippen molar-refractivity contribution in [1.82, 2.24) is 10.2 Å². The van der Waals surface area contributed by atoms with Crippen LogP contribution in [0, 0.1) is 11.3 Å². The third-order valence-corrected chi connectivity index (χ3v) is 2.81. The lowest BCUT2D eigenvalue weighted by molar-refractivity contribution is 0.0797. The van der Waals surface area contributed by atoms with Crippen LogP contribution in [-0.4, -0.2) is 36.1 Å². The number of nitrogens with one attached hydrogen (secondary N) is 1. The third kappa shape index (κ3) is 2.57. The highest BCUT2D eigenvalue weighted by Gasteiger charge is 2.32. The van der Waals surface area contributed by atoms with E-state index in [9.17, 15) is 0 Å². The van der Waals surface area contributed by atoms with Gasteiger partial charge in [-0.15, -0.1) is 6.58 Å². The van der Waals surface area contributed by atoms with E-state index in [0.29, 0.717) is 12.5 Å². The van der Waals surface area contributed by atoms with Gasteiger partial charge in [-0.2, -0.15) is 5.26 Å². The fourth-order valence-electron chi connectivity index (χ4n) is 1.81. The van der Waals surface area contributed by atoms with E-state index in [1.165, 1.54) is 0 Å². The molecule has 14 heavy (non-hydrogen) atoms. The molecule has 3 nitrogen and oxygen atoms in total. The van der Waals surface area contributed by atoms with Gasteiger partial charge in [0.25, 0.3) is 0 Å². The predicted molar refractivity (Wildman–Crippen MR) is 57.9 cm³/mol. The molecular formula is C11H19N3. The molecule has 1 rings (SSSR count). The minimum Gasteiger partial charge on any atom is -0.310 e. The summed E-state index contributed by atoms with van der Waals surface area (Å²) in [6.45, 7) is 11.0. The molecular weight excluding hydrogens is 174 g/mol. The molecule has 0 amide bonds. The molecule has 0 aromatic rings. The van der Waals surface area contributed by atoms with Crippen molar-refractivity contribution in [3.63, 3.8) is 0 Å². The van der Waals surface area contributed by atoms with Gasteiger partial charge in [-0.3, -0.25) is 4.90 Å². The smallest absolute Gasteiger partial charge is 0.0638 e. The molecule has 0 bridgehead atoms. The lowest BCUT2D eigenvalue weighted by Gasteiger charge is -2.45. The SMILES string of the molecule is C=CCN1CC(CC#N)NCC1(C)C. The largest absolute Gasteiger partial charge is 0.310 e. The molecule has 0 saturated carbocycles. The molecule has 0 radical (unpaired) electrons. The molecule has 0 spiro atoms. The summed E-state index contributed by atoms with van der Waals surface area (Å²) in [5.74, 6) is 0. The van der Waals surface area contributed by atoms with Crippen molar-refractivity contribution in [3.8, 4) is 6.07 Å². The number of hydrogen-bond donors (Lipinski definition) is 1. The minimum absolute atomic E-state index is 0.167. The van der Waals surface area contributed by atoms with Crippen LogP contribution in [0.2, 0.25) is 0 Å². The molecule has 1 aliphatic heterocycles. The average molecular weight is 193 g/mol. The molecule has 78 valence electrons. The van der Waals surface area contributed by atoms with Gasteiger partial charge in [-0.1, -0.05) is 6.08 Å². The Labute approximate surface area is 86.4 Å². The zero-order valence-corrected chi connectivity index (χ0v) is 9.08. The highest BCUT2D eigenvalue weighted by atomic mass is 15.3. The summed E-state index contributed by atoms with van der Waals surface area (Å²) in [6, 6.07) is 2.53. The van der Waals surface area contributed by atoms with Gasteiger partial charge in [-0.25, -0.2) is 0 Å². The molecule has 1 atom stereocenters. The molecule has 0 aromatic heterocycles. The van der Waals surface area contributed by atoms with Crippen LogP contribution in [0.3, 0.4) is 0 Å². The number of hydrogen-bond acceptors (Lipinski definition) is 3. The van der Waals surface area contributed by atoms with Crippen LogP contribution in [0.25, 0.3) is 0 Å². The summed E-state index contributed by atoms with van der Waals surface area (Å²) in [6.07, 6.45) is 2.51. The quantitative estimate of drug-likeness (QED) is 0.683. The van der Waals surface area contributed by atoms with Crippen LogP contribution in [0.4, 0.5) is 0 Å². The van der Waals surface area contributed by atoms with Crippen LogP contribution in [-0.2, 0) is 0 Å². The van der Waals surface area contributed by atoms with Gasteiger partial charge >= 0.3 is 0 Å². The zero-order chi connectivity index (χ0) is 10.6.